The molecular weight excluding hydrogens is 334 g/mol. The Bertz CT molecular complexity index is 860. The summed E-state index contributed by atoms with van der Waals surface area (Å²) >= 11 is 1.68. The number of rotatable bonds is 5. The molecule has 1 amide bonds. The topological polar surface area (TPSA) is 58.2 Å². The molecule has 0 unspecified atom stereocenters. The third-order valence-electron chi connectivity index (χ3n) is 3.97. The van der Waals surface area contributed by atoms with Crippen LogP contribution in [-0.2, 0) is 4.84 Å². The first-order valence-corrected chi connectivity index (χ1v) is 8.98. The van der Waals surface area contributed by atoms with Gasteiger partial charge in [0.2, 0.25) is 0 Å². The molecule has 3 rings (SSSR count). The zero-order valence-corrected chi connectivity index (χ0v) is 15.1. The van der Waals surface area contributed by atoms with Crippen LogP contribution in [0.15, 0.2) is 59.5 Å². The SMILES string of the molecule is CON(C)C(=O)c1[nH]nc(-c2ccc(SC)cc2)c1-c1ccccc1. The Morgan fingerprint density at radius 1 is 1.08 bits per heavy atom. The van der Waals surface area contributed by atoms with Gasteiger partial charge in [0.25, 0.3) is 5.91 Å². The predicted molar refractivity (Wildman–Crippen MR) is 100 cm³/mol. The zero-order chi connectivity index (χ0) is 17.8. The van der Waals surface area contributed by atoms with E-state index in [0.29, 0.717) is 5.69 Å². The largest absolute Gasteiger partial charge is 0.295 e. The molecule has 128 valence electrons. The summed E-state index contributed by atoms with van der Waals surface area (Å²) in [6.07, 6.45) is 2.04. The lowest BCUT2D eigenvalue weighted by atomic mass is 9.98. The highest BCUT2D eigenvalue weighted by Crippen LogP contribution is 2.34. The summed E-state index contributed by atoms with van der Waals surface area (Å²) in [4.78, 5) is 18.9. The van der Waals surface area contributed by atoms with E-state index in [1.165, 1.54) is 17.1 Å². The lowest BCUT2D eigenvalue weighted by Gasteiger charge is -2.14. The summed E-state index contributed by atoms with van der Waals surface area (Å²) < 4.78 is 0. The lowest BCUT2D eigenvalue weighted by molar-refractivity contribution is -0.0760. The monoisotopic (exact) mass is 353 g/mol. The highest BCUT2D eigenvalue weighted by molar-refractivity contribution is 7.98. The number of hydroxylamine groups is 2. The Balaban J connectivity index is 2.15. The Morgan fingerprint density at radius 3 is 2.36 bits per heavy atom. The molecule has 3 aromatic rings. The highest BCUT2D eigenvalue weighted by atomic mass is 32.2. The minimum Gasteiger partial charge on any atom is -0.274 e. The van der Waals surface area contributed by atoms with Gasteiger partial charge in [0, 0.05) is 23.1 Å². The minimum atomic E-state index is -0.277. The number of amides is 1. The van der Waals surface area contributed by atoms with Gasteiger partial charge in [0.15, 0.2) is 0 Å². The average Bonchev–Trinajstić information content (AvgIpc) is 3.12. The van der Waals surface area contributed by atoms with Gasteiger partial charge in [-0.25, -0.2) is 5.06 Å². The molecule has 25 heavy (non-hydrogen) atoms. The molecule has 0 aliphatic carbocycles. The highest BCUT2D eigenvalue weighted by Gasteiger charge is 2.24. The molecule has 1 aromatic heterocycles. The van der Waals surface area contributed by atoms with Gasteiger partial charge in [-0.05, 0) is 24.0 Å². The van der Waals surface area contributed by atoms with E-state index >= 15 is 0 Å². The van der Waals surface area contributed by atoms with Gasteiger partial charge < -0.3 is 0 Å². The number of hydrogen-bond donors (Lipinski definition) is 1. The molecule has 0 atom stereocenters. The van der Waals surface area contributed by atoms with Crippen molar-refractivity contribution in [3.05, 3.63) is 60.3 Å². The molecule has 0 aliphatic rings. The molecule has 0 saturated heterocycles. The third-order valence-corrected chi connectivity index (χ3v) is 4.71. The van der Waals surface area contributed by atoms with Gasteiger partial charge in [-0.2, -0.15) is 5.10 Å². The van der Waals surface area contributed by atoms with Crippen LogP contribution in [0.2, 0.25) is 0 Å². The Morgan fingerprint density at radius 2 is 1.76 bits per heavy atom. The van der Waals surface area contributed by atoms with E-state index in [1.807, 2.05) is 60.9 Å². The summed E-state index contributed by atoms with van der Waals surface area (Å²) in [5, 5.41) is 8.49. The second kappa shape index (κ2) is 7.55. The van der Waals surface area contributed by atoms with Crippen LogP contribution in [-0.4, -0.2) is 41.6 Å². The van der Waals surface area contributed by atoms with Crippen LogP contribution < -0.4 is 0 Å². The van der Waals surface area contributed by atoms with Gasteiger partial charge in [-0.3, -0.25) is 14.7 Å². The van der Waals surface area contributed by atoms with Crippen LogP contribution in [0.25, 0.3) is 22.4 Å². The molecule has 1 heterocycles. The maximum Gasteiger partial charge on any atom is 0.295 e. The smallest absolute Gasteiger partial charge is 0.274 e. The van der Waals surface area contributed by atoms with Crippen molar-refractivity contribution in [1.29, 1.82) is 0 Å². The molecule has 0 spiro atoms. The zero-order valence-electron chi connectivity index (χ0n) is 14.3. The van der Waals surface area contributed by atoms with E-state index in [2.05, 4.69) is 10.2 Å². The summed E-state index contributed by atoms with van der Waals surface area (Å²) in [6.45, 7) is 0. The number of benzene rings is 2. The van der Waals surface area contributed by atoms with Crippen LogP contribution in [0.3, 0.4) is 0 Å². The molecule has 0 saturated carbocycles. The van der Waals surface area contributed by atoms with E-state index in [1.54, 1.807) is 18.8 Å². The van der Waals surface area contributed by atoms with Gasteiger partial charge in [-0.15, -0.1) is 11.8 Å². The third kappa shape index (κ3) is 3.45. The van der Waals surface area contributed by atoms with Gasteiger partial charge in [-0.1, -0.05) is 42.5 Å². The first-order valence-electron chi connectivity index (χ1n) is 7.76. The molecule has 2 aromatic carbocycles. The summed E-state index contributed by atoms with van der Waals surface area (Å²) in [5.41, 5.74) is 3.79. The van der Waals surface area contributed by atoms with Crippen molar-refractivity contribution in [1.82, 2.24) is 15.3 Å². The van der Waals surface area contributed by atoms with Crippen molar-refractivity contribution in [3.63, 3.8) is 0 Å². The summed E-state index contributed by atoms with van der Waals surface area (Å²) in [7, 11) is 3.03. The normalized spacial score (nSPS) is 10.7. The molecule has 6 heteroatoms. The second-order valence-corrected chi connectivity index (χ2v) is 6.28. The number of carbonyl (C=O) groups is 1. The number of H-pyrrole nitrogens is 1. The Kier molecular flexibility index (Phi) is 5.21. The first kappa shape index (κ1) is 17.3. The van der Waals surface area contributed by atoms with Crippen molar-refractivity contribution in [3.8, 4) is 22.4 Å². The van der Waals surface area contributed by atoms with E-state index in [9.17, 15) is 4.79 Å². The molecule has 0 fully saturated rings. The van der Waals surface area contributed by atoms with Gasteiger partial charge >= 0.3 is 0 Å². The molecule has 0 bridgehead atoms. The fraction of sp³-hybridized carbons (Fsp3) is 0.158. The molecule has 1 N–H and O–H groups in total. The fourth-order valence-electron chi connectivity index (χ4n) is 2.58. The number of thioether (sulfide) groups is 1. The van der Waals surface area contributed by atoms with E-state index in [0.717, 1.165) is 22.4 Å². The minimum absolute atomic E-state index is 0.277. The number of carbonyl (C=O) groups excluding carboxylic acids is 1. The first-order chi connectivity index (χ1) is 12.2. The average molecular weight is 353 g/mol. The second-order valence-electron chi connectivity index (χ2n) is 5.40. The van der Waals surface area contributed by atoms with Crippen LogP contribution in [0.1, 0.15) is 10.5 Å². The molecular formula is C19H19N3O2S. The Labute approximate surface area is 151 Å². The number of aromatic nitrogens is 2. The van der Waals surface area contributed by atoms with Crippen molar-refractivity contribution >= 4 is 17.7 Å². The number of nitrogens with one attached hydrogen (secondary N) is 1. The van der Waals surface area contributed by atoms with E-state index in [4.69, 9.17) is 4.84 Å². The van der Waals surface area contributed by atoms with Crippen LogP contribution in [0, 0.1) is 0 Å². The molecule has 0 aliphatic heterocycles. The molecule has 5 nitrogen and oxygen atoms in total. The molecule has 0 radical (unpaired) electrons. The maximum absolute atomic E-state index is 12.6. The summed E-state index contributed by atoms with van der Waals surface area (Å²) in [5.74, 6) is -0.277. The fourth-order valence-corrected chi connectivity index (χ4v) is 2.99. The predicted octanol–water partition coefficient (Wildman–Crippen LogP) is 4.10. The lowest BCUT2D eigenvalue weighted by Crippen LogP contribution is -2.26. The number of nitrogens with zero attached hydrogens (tertiary/aromatic N) is 2. The van der Waals surface area contributed by atoms with Crippen molar-refractivity contribution in [2.24, 2.45) is 0 Å². The van der Waals surface area contributed by atoms with Gasteiger partial charge in [0.05, 0.1) is 7.11 Å². The van der Waals surface area contributed by atoms with Crippen molar-refractivity contribution < 1.29 is 9.63 Å². The van der Waals surface area contributed by atoms with Crippen LogP contribution >= 0.6 is 11.8 Å². The Hall–Kier alpha value is -2.57. The quantitative estimate of drug-likeness (QED) is 0.554. The number of hydrogen-bond acceptors (Lipinski definition) is 4. The van der Waals surface area contributed by atoms with Crippen molar-refractivity contribution in [2.45, 2.75) is 4.90 Å². The standard InChI is InChI=1S/C19H19N3O2S/c1-22(24-2)19(23)18-16(13-7-5-4-6-8-13)17(20-21-18)14-9-11-15(25-3)12-10-14/h4-12H,1-3H3,(H,20,21). The van der Waals surface area contributed by atoms with Crippen molar-refractivity contribution in [2.75, 3.05) is 20.4 Å². The van der Waals surface area contributed by atoms with Crippen LogP contribution in [0.4, 0.5) is 0 Å². The van der Waals surface area contributed by atoms with Gasteiger partial charge in [0.1, 0.15) is 11.4 Å². The summed E-state index contributed by atoms with van der Waals surface area (Å²) in [6, 6.07) is 17.9. The number of aromatic amines is 1. The van der Waals surface area contributed by atoms with E-state index < -0.39 is 0 Å². The maximum atomic E-state index is 12.6. The van der Waals surface area contributed by atoms with E-state index in [-0.39, 0.29) is 5.91 Å². The van der Waals surface area contributed by atoms with Crippen LogP contribution in [0.5, 0.6) is 0 Å².